The van der Waals surface area contributed by atoms with Crippen molar-refractivity contribution in [2.45, 2.75) is 25.7 Å². The van der Waals surface area contributed by atoms with Gasteiger partial charge in [0.25, 0.3) is 0 Å². The van der Waals surface area contributed by atoms with Gasteiger partial charge in [0, 0.05) is 24.9 Å². The van der Waals surface area contributed by atoms with Crippen molar-refractivity contribution >= 4 is 27.7 Å². The maximum Gasteiger partial charge on any atom is 0.248 e. The molecule has 31 heavy (non-hydrogen) atoms. The number of sulfonamides is 1. The summed E-state index contributed by atoms with van der Waals surface area (Å²) in [5.41, 5.74) is 4.48. The molecule has 0 bridgehead atoms. The average Bonchev–Trinajstić information content (AvgIpc) is 2.75. The van der Waals surface area contributed by atoms with Gasteiger partial charge < -0.3 is 14.8 Å². The summed E-state index contributed by atoms with van der Waals surface area (Å²) < 4.78 is 38.1. The summed E-state index contributed by atoms with van der Waals surface area (Å²) in [5.74, 6) is -0.0255. The Morgan fingerprint density at radius 1 is 1.10 bits per heavy atom. The summed E-state index contributed by atoms with van der Waals surface area (Å²) in [6.07, 6.45) is 2.98. The molecule has 0 spiro atoms. The van der Waals surface area contributed by atoms with Crippen LogP contribution in [0.3, 0.4) is 0 Å². The van der Waals surface area contributed by atoms with Crippen molar-refractivity contribution in [1.29, 1.82) is 0 Å². The number of rotatable bonds is 6. The number of nitrogens with one attached hydrogen (secondary N) is 1. The predicted molar refractivity (Wildman–Crippen MR) is 121 cm³/mol. The first-order chi connectivity index (χ1) is 14.7. The summed E-state index contributed by atoms with van der Waals surface area (Å²) in [4.78, 5) is 12.5. The van der Waals surface area contributed by atoms with Crippen LogP contribution in [0, 0.1) is 20.8 Å². The van der Waals surface area contributed by atoms with Crippen LogP contribution in [0.4, 0.5) is 5.69 Å². The van der Waals surface area contributed by atoms with Crippen molar-refractivity contribution in [1.82, 2.24) is 4.31 Å². The van der Waals surface area contributed by atoms with Gasteiger partial charge in [-0.25, -0.2) is 8.42 Å². The number of carbonyl (C=O) groups is 1. The minimum absolute atomic E-state index is 0.0738. The van der Waals surface area contributed by atoms with E-state index < -0.39 is 10.0 Å². The second-order valence-corrected chi connectivity index (χ2v) is 9.43. The summed E-state index contributed by atoms with van der Waals surface area (Å²) in [5, 5.41) is 2.90. The minimum atomic E-state index is -3.74. The number of methoxy groups -OCH3 is 1. The quantitative estimate of drug-likeness (QED) is 0.691. The monoisotopic (exact) mass is 444 g/mol. The van der Waals surface area contributed by atoms with Crippen LogP contribution in [-0.2, 0) is 19.6 Å². The highest BCUT2D eigenvalue weighted by atomic mass is 32.2. The summed E-state index contributed by atoms with van der Waals surface area (Å²) in [7, 11) is -2.30. The van der Waals surface area contributed by atoms with Crippen LogP contribution in [0.2, 0.25) is 0 Å². The number of carbonyl (C=O) groups excluding carboxylic acids is 1. The molecule has 1 aliphatic heterocycles. The van der Waals surface area contributed by atoms with Crippen molar-refractivity contribution in [3.8, 4) is 5.75 Å². The Kier molecular flexibility index (Phi) is 7.15. The van der Waals surface area contributed by atoms with E-state index in [1.54, 1.807) is 18.2 Å². The molecular formula is C23H28N2O5S. The number of aryl methyl sites for hydroxylation is 3. The molecule has 1 fully saturated rings. The second kappa shape index (κ2) is 9.64. The first-order valence-corrected chi connectivity index (χ1v) is 11.5. The maximum atomic E-state index is 13.1. The van der Waals surface area contributed by atoms with E-state index >= 15 is 0 Å². The number of nitrogens with zero attached hydrogens (tertiary/aromatic N) is 1. The Morgan fingerprint density at radius 3 is 2.35 bits per heavy atom. The topological polar surface area (TPSA) is 84.9 Å². The molecule has 8 heteroatoms. The van der Waals surface area contributed by atoms with Gasteiger partial charge in [-0.15, -0.1) is 0 Å². The highest BCUT2D eigenvalue weighted by Crippen LogP contribution is 2.29. The molecule has 0 saturated carbocycles. The Hall–Kier alpha value is -2.68. The molecule has 1 heterocycles. The van der Waals surface area contributed by atoms with E-state index in [1.165, 1.54) is 23.6 Å². The largest absolute Gasteiger partial charge is 0.495 e. The zero-order valence-corrected chi connectivity index (χ0v) is 19.1. The number of ether oxygens (including phenoxy) is 2. The molecule has 3 rings (SSSR count). The van der Waals surface area contributed by atoms with E-state index in [1.807, 2.05) is 32.9 Å². The molecule has 7 nitrogen and oxygen atoms in total. The van der Waals surface area contributed by atoms with Gasteiger partial charge in [-0.3, -0.25) is 4.79 Å². The van der Waals surface area contributed by atoms with Gasteiger partial charge in [0.2, 0.25) is 15.9 Å². The molecule has 166 valence electrons. The van der Waals surface area contributed by atoms with Gasteiger partial charge in [0.1, 0.15) is 10.6 Å². The highest BCUT2D eigenvalue weighted by molar-refractivity contribution is 7.89. The van der Waals surface area contributed by atoms with E-state index in [9.17, 15) is 13.2 Å². The van der Waals surface area contributed by atoms with Crippen LogP contribution in [0.25, 0.3) is 6.08 Å². The number of amides is 1. The van der Waals surface area contributed by atoms with Crippen LogP contribution in [0.1, 0.15) is 22.3 Å². The van der Waals surface area contributed by atoms with Crippen molar-refractivity contribution < 1.29 is 22.7 Å². The molecule has 0 radical (unpaired) electrons. The molecular weight excluding hydrogens is 416 g/mol. The van der Waals surface area contributed by atoms with E-state index in [0.29, 0.717) is 31.9 Å². The third kappa shape index (κ3) is 5.33. The second-order valence-electron chi connectivity index (χ2n) is 7.52. The van der Waals surface area contributed by atoms with E-state index in [4.69, 9.17) is 9.47 Å². The third-order valence-corrected chi connectivity index (χ3v) is 7.05. The Morgan fingerprint density at radius 2 is 1.74 bits per heavy atom. The molecule has 2 aromatic carbocycles. The normalized spacial score (nSPS) is 15.2. The fourth-order valence-electron chi connectivity index (χ4n) is 3.64. The predicted octanol–water partition coefficient (Wildman–Crippen LogP) is 3.29. The number of hydrogen-bond donors (Lipinski definition) is 1. The van der Waals surface area contributed by atoms with E-state index in [2.05, 4.69) is 5.32 Å². The SMILES string of the molecule is COc1ccc(C=CC(=O)Nc2c(C)cc(C)cc2C)cc1S(=O)(=O)N1CCOCC1. The molecule has 1 N–H and O–H groups in total. The molecule has 0 aliphatic carbocycles. The number of hydrogen-bond acceptors (Lipinski definition) is 5. The molecule has 1 saturated heterocycles. The fraction of sp³-hybridized carbons (Fsp3) is 0.348. The summed E-state index contributed by atoms with van der Waals surface area (Å²) in [6.45, 7) is 7.22. The molecule has 1 aliphatic rings. The molecule has 0 unspecified atom stereocenters. The van der Waals surface area contributed by atoms with Gasteiger partial charge in [-0.1, -0.05) is 23.8 Å². The van der Waals surface area contributed by atoms with Gasteiger partial charge >= 0.3 is 0 Å². The lowest BCUT2D eigenvalue weighted by atomic mass is 10.1. The van der Waals surface area contributed by atoms with Crippen molar-refractivity contribution in [3.05, 3.63) is 58.7 Å². The van der Waals surface area contributed by atoms with Gasteiger partial charge in [-0.05, 0) is 55.7 Å². The van der Waals surface area contributed by atoms with Crippen LogP contribution >= 0.6 is 0 Å². The van der Waals surface area contributed by atoms with Gasteiger partial charge in [0.05, 0.1) is 20.3 Å². The van der Waals surface area contributed by atoms with Crippen LogP contribution in [0.15, 0.2) is 41.3 Å². The smallest absolute Gasteiger partial charge is 0.248 e. The zero-order chi connectivity index (χ0) is 22.6. The van der Waals surface area contributed by atoms with Gasteiger partial charge in [-0.2, -0.15) is 4.31 Å². The standard InChI is InChI=1S/C23H28N2O5S/c1-16-13-17(2)23(18(3)14-16)24-22(26)8-6-19-5-7-20(29-4)21(15-19)31(27,28)25-9-11-30-12-10-25/h5-8,13-15H,9-12H2,1-4H3,(H,24,26). The van der Waals surface area contributed by atoms with Crippen LogP contribution < -0.4 is 10.1 Å². The molecule has 2 aromatic rings. The maximum absolute atomic E-state index is 13.1. The minimum Gasteiger partial charge on any atom is -0.495 e. The lowest BCUT2D eigenvalue weighted by molar-refractivity contribution is -0.111. The van der Waals surface area contributed by atoms with E-state index in [-0.39, 0.29) is 16.6 Å². The Balaban J connectivity index is 1.83. The van der Waals surface area contributed by atoms with Crippen molar-refractivity contribution in [3.63, 3.8) is 0 Å². The van der Waals surface area contributed by atoms with Crippen molar-refractivity contribution in [2.75, 3.05) is 38.7 Å². The lowest BCUT2D eigenvalue weighted by Gasteiger charge is -2.26. The van der Waals surface area contributed by atoms with Crippen LogP contribution in [0.5, 0.6) is 5.75 Å². The first-order valence-electron chi connectivity index (χ1n) is 10.0. The first kappa shape index (κ1) is 23.0. The van der Waals surface area contributed by atoms with Crippen LogP contribution in [-0.4, -0.2) is 52.0 Å². The Bertz CT molecular complexity index is 1080. The fourth-order valence-corrected chi connectivity index (χ4v) is 5.24. The average molecular weight is 445 g/mol. The number of morpholine rings is 1. The highest BCUT2D eigenvalue weighted by Gasteiger charge is 2.29. The summed E-state index contributed by atoms with van der Waals surface area (Å²) >= 11 is 0. The van der Waals surface area contributed by atoms with E-state index in [0.717, 1.165) is 22.4 Å². The zero-order valence-electron chi connectivity index (χ0n) is 18.3. The molecule has 0 atom stereocenters. The van der Waals surface area contributed by atoms with Gasteiger partial charge in [0.15, 0.2) is 0 Å². The number of benzene rings is 2. The van der Waals surface area contributed by atoms with Crippen molar-refractivity contribution in [2.24, 2.45) is 0 Å². The Labute approximate surface area is 183 Å². The molecule has 1 amide bonds. The molecule has 0 aromatic heterocycles. The summed E-state index contributed by atoms with van der Waals surface area (Å²) in [6, 6.07) is 8.86. The lowest BCUT2D eigenvalue weighted by Crippen LogP contribution is -2.40. The number of anilines is 1. The third-order valence-electron chi connectivity index (χ3n) is 5.13.